The average Bonchev–Trinajstić information content (AvgIpc) is 2.37. The van der Waals surface area contributed by atoms with E-state index in [0.717, 1.165) is 13.1 Å². The summed E-state index contributed by atoms with van der Waals surface area (Å²) < 4.78 is 5.65. The maximum absolute atomic E-state index is 12.1. The van der Waals surface area contributed by atoms with Crippen molar-refractivity contribution in [2.75, 3.05) is 25.0 Å². The fourth-order valence-corrected chi connectivity index (χ4v) is 2.61. The molecule has 1 aliphatic heterocycles. The van der Waals surface area contributed by atoms with E-state index in [-0.39, 0.29) is 23.9 Å². The number of benzene rings is 1. The maximum atomic E-state index is 12.1. The zero-order valence-corrected chi connectivity index (χ0v) is 12.8. The first-order valence-electron chi connectivity index (χ1n) is 7.22. The summed E-state index contributed by atoms with van der Waals surface area (Å²) in [6.45, 7) is 7.44. The first kappa shape index (κ1) is 15.7. The second-order valence-electron chi connectivity index (χ2n) is 5.63. The van der Waals surface area contributed by atoms with Gasteiger partial charge in [-0.05, 0) is 45.0 Å². The van der Waals surface area contributed by atoms with Gasteiger partial charge in [-0.3, -0.25) is 14.5 Å². The van der Waals surface area contributed by atoms with Crippen LogP contribution in [0.3, 0.4) is 0 Å². The fraction of sp³-hybridized carbons (Fsp3) is 0.500. The van der Waals surface area contributed by atoms with E-state index in [2.05, 4.69) is 10.2 Å². The monoisotopic (exact) mass is 290 g/mol. The van der Waals surface area contributed by atoms with Crippen molar-refractivity contribution in [3.05, 3.63) is 29.8 Å². The van der Waals surface area contributed by atoms with Crippen LogP contribution in [0.4, 0.5) is 5.69 Å². The second-order valence-corrected chi connectivity index (χ2v) is 5.63. The van der Waals surface area contributed by atoms with Crippen LogP contribution in [0.15, 0.2) is 24.3 Å². The normalized spacial score (nSPS) is 22.8. The quantitative estimate of drug-likeness (QED) is 0.861. The Hall–Kier alpha value is -1.72. The van der Waals surface area contributed by atoms with Crippen LogP contribution in [-0.2, 0) is 9.53 Å². The molecule has 0 aromatic heterocycles. The molecule has 0 bridgehead atoms. The second kappa shape index (κ2) is 6.83. The van der Waals surface area contributed by atoms with Crippen LogP contribution in [-0.4, -0.2) is 48.4 Å². The molecule has 5 heteroatoms. The lowest BCUT2D eigenvalue weighted by atomic mass is 10.1. The first-order valence-corrected chi connectivity index (χ1v) is 7.22. The molecule has 1 aromatic carbocycles. The van der Waals surface area contributed by atoms with Crippen LogP contribution in [0.5, 0.6) is 0 Å². The topological polar surface area (TPSA) is 58.6 Å². The van der Waals surface area contributed by atoms with Crippen molar-refractivity contribution < 1.29 is 14.3 Å². The molecule has 2 atom stereocenters. The van der Waals surface area contributed by atoms with Crippen LogP contribution in [0.25, 0.3) is 0 Å². The summed E-state index contributed by atoms with van der Waals surface area (Å²) >= 11 is 0. The molecule has 0 spiro atoms. The van der Waals surface area contributed by atoms with E-state index in [1.165, 1.54) is 6.92 Å². The standard InChI is InChI=1S/C16H22N2O3/c1-11-8-18(9-12(2)21-11)10-16(20)17-15-6-4-14(5-7-15)13(3)19/h4-7,11-12H,8-10H2,1-3H3,(H,17,20)/t11-,12-/m1/s1. The van der Waals surface area contributed by atoms with E-state index in [0.29, 0.717) is 17.8 Å². The van der Waals surface area contributed by atoms with Gasteiger partial charge in [0.1, 0.15) is 0 Å². The third kappa shape index (κ3) is 4.65. The van der Waals surface area contributed by atoms with Crippen LogP contribution < -0.4 is 5.32 Å². The molecule has 0 radical (unpaired) electrons. The van der Waals surface area contributed by atoms with E-state index < -0.39 is 0 Å². The van der Waals surface area contributed by atoms with Crippen molar-refractivity contribution in [1.29, 1.82) is 0 Å². The highest BCUT2D eigenvalue weighted by Gasteiger charge is 2.23. The van der Waals surface area contributed by atoms with Crippen molar-refractivity contribution in [3.63, 3.8) is 0 Å². The van der Waals surface area contributed by atoms with Gasteiger partial charge >= 0.3 is 0 Å². The van der Waals surface area contributed by atoms with Gasteiger partial charge in [-0.2, -0.15) is 0 Å². The molecule has 2 rings (SSSR count). The average molecular weight is 290 g/mol. The number of hydrogen-bond donors (Lipinski definition) is 1. The molecule has 1 saturated heterocycles. The molecule has 5 nitrogen and oxygen atoms in total. The van der Waals surface area contributed by atoms with Gasteiger partial charge in [-0.15, -0.1) is 0 Å². The number of amides is 1. The minimum Gasteiger partial charge on any atom is -0.373 e. The van der Waals surface area contributed by atoms with Crippen LogP contribution in [0, 0.1) is 0 Å². The summed E-state index contributed by atoms with van der Waals surface area (Å²) in [5.74, 6) is -0.0314. The molecular weight excluding hydrogens is 268 g/mol. The van der Waals surface area contributed by atoms with Gasteiger partial charge in [0, 0.05) is 24.3 Å². The number of Topliss-reactive ketones (excluding diaryl/α,β-unsaturated/α-hetero) is 1. The Kier molecular flexibility index (Phi) is 5.09. The third-order valence-corrected chi connectivity index (χ3v) is 3.44. The van der Waals surface area contributed by atoms with Crippen molar-refractivity contribution >= 4 is 17.4 Å². The van der Waals surface area contributed by atoms with Crippen molar-refractivity contribution in [1.82, 2.24) is 4.90 Å². The Labute approximate surface area is 125 Å². The van der Waals surface area contributed by atoms with Gasteiger partial charge in [-0.25, -0.2) is 0 Å². The smallest absolute Gasteiger partial charge is 0.238 e. The minimum atomic E-state index is -0.0492. The lowest BCUT2D eigenvalue weighted by Gasteiger charge is -2.34. The summed E-state index contributed by atoms with van der Waals surface area (Å²) in [7, 11) is 0. The SMILES string of the molecule is CC(=O)c1ccc(NC(=O)CN2C[C@@H](C)O[C@H](C)C2)cc1. The van der Waals surface area contributed by atoms with Crippen LogP contribution >= 0.6 is 0 Å². The zero-order chi connectivity index (χ0) is 15.4. The van der Waals surface area contributed by atoms with E-state index in [1.807, 2.05) is 13.8 Å². The number of anilines is 1. The number of carbonyl (C=O) groups excluding carboxylic acids is 2. The minimum absolute atomic E-state index is 0.0177. The molecule has 1 aromatic rings. The molecular formula is C16H22N2O3. The van der Waals surface area contributed by atoms with Gasteiger partial charge in [-0.1, -0.05) is 0 Å². The molecule has 0 aliphatic carbocycles. The number of ketones is 1. The number of carbonyl (C=O) groups is 2. The summed E-state index contributed by atoms with van der Waals surface area (Å²) in [5.41, 5.74) is 1.35. The fourth-order valence-electron chi connectivity index (χ4n) is 2.61. The number of rotatable bonds is 4. The molecule has 1 aliphatic rings. The predicted molar refractivity (Wildman–Crippen MR) is 81.5 cm³/mol. The zero-order valence-electron chi connectivity index (χ0n) is 12.8. The maximum Gasteiger partial charge on any atom is 0.238 e. The highest BCUT2D eigenvalue weighted by molar-refractivity contribution is 5.96. The Bertz CT molecular complexity index is 503. The number of nitrogens with zero attached hydrogens (tertiary/aromatic N) is 1. The molecule has 0 unspecified atom stereocenters. The molecule has 1 N–H and O–H groups in total. The van der Waals surface area contributed by atoms with Gasteiger partial charge in [0.2, 0.25) is 5.91 Å². The van der Waals surface area contributed by atoms with Gasteiger partial charge in [0.15, 0.2) is 5.78 Å². The highest BCUT2D eigenvalue weighted by Crippen LogP contribution is 2.12. The van der Waals surface area contributed by atoms with Crippen molar-refractivity contribution in [2.24, 2.45) is 0 Å². The highest BCUT2D eigenvalue weighted by atomic mass is 16.5. The Balaban J connectivity index is 1.88. The van der Waals surface area contributed by atoms with E-state index in [4.69, 9.17) is 4.74 Å². The number of hydrogen-bond acceptors (Lipinski definition) is 4. The number of ether oxygens (including phenoxy) is 1. The molecule has 0 saturated carbocycles. The number of morpholine rings is 1. The molecule has 114 valence electrons. The number of nitrogens with one attached hydrogen (secondary N) is 1. The van der Waals surface area contributed by atoms with Crippen LogP contribution in [0.2, 0.25) is 0 Å². The molecule has 1 amide bonds. The molecule has 21 heavy (non-hydrogen) atoms. The van der Waals surface area contributed by atoms with E-state index in [9.17, 15) is 9.59 Å². The lowest BCUT2D eigenvalue weighted by Crippen LogP contribution is -2.48. The van der Waals surface area contributed by atoms with E-state index >= 15 is 0 Å². The van der Waals surface area contributed by atoms with Crippen molar-refractivity contribution in [3.8, 4) is 0 Å². The summed E-state index contributed by atoms with van der Waals surface area (Å²) in [6.07, 6.45) is 0.299. The lowest BCUT2D eigenvalue weighted by molar-refractivity contribution is -0.121. The predicted octanol–water partition coefficient (Wildman–Crippen LogP) is 1.94. The van der Waals surface area contributed by atoms with Gasteiger partial charge in [0.05, 0.1) is 18.8 Å². The van der Waals surface area contributed by atoms with Crippen molar-refractivity contribution in [2.45, 2.75) is 33.0 Å². The Morgan fingerprint density at radius 1 is 1.19 bits per heavy atom. The third-order valence-electron chi connectivity index (χ3n) is 3.44. The first-order chi connectivity index (χ1) is 9.94. The summed E-state index contributed by atoms with van der Waals surface area (Å²) in [6, 6.07) is 6.94. The van der Waals surface area contributed by atoms with Gasteiger partial charge in [0.25, 0.3) is 0 Å². The van der Waals surface area contributed by atoms with Gasteiger partial charge < -0.3 is 10.1 Å². The largest absolute Gasteiger partial charge is 0.373 e. The summed E-state index contributed by atoms with van der Waals surface area (Å²) in [4.78, 5) is 25.3. The van der Waals surface area contributed by atoms with Crippen LogP contribution in [0.1, 0.15) is 31.1 Å². The molecule has 1 fully saturated rings. The Morgan fingerprint density at radius 2 is 1.76 bits per heavy atom. The summed E-state index contributed by atoms with van der Waals surface area (Å²) in [5, 5.41) is 2.85. The van der Waals surface area contributed by atoms with E-state index in [1.54, 1.807) is 24.3 Å². The Morgan fingerprint density at radius 3 is 2.29 bits per heavy atom. The molecule has 1 heterocycles.